The summed E-state index contributed by atoms with van der Waals surface area (Å²) in [6.07, 6.45) is 6.32. The Morgan fingerprint density at radius 3 is 1.64 bits per heavy atom. The highest BCUT2D eigenvalue weighted by molar-refractivity contribution is 6.12. The second-order valence-corrected chi connectivity index (χ2v) is 15.2. The number of aryl methyl sites for hydroxylation is 2. The van der Waals surface area contributed by atoms with E-state index in [1.165, 1.54) is 0 Å². The third-order valence-corrected chi connectivity index (χ3v) is 11.5. The topological polar surface area (TPSA) is 103 Å². The summed E-state index contributed by atoms with van der Waals surface area (Å²) in [6, 6.07) is 55.9. The third-order valence-electron chi connectivity index (χ3n) is 11.5. The SMILES string of the molecule is C=C1/C=C(c2ccccc2)\C=C/CN(c2c(C)cc(C#N)cc2C#N)c2ccc(-c3ccc4c(c3)c3cc(-c5ccccc5)ccc3n4-c3c(C)cc(C#N)cc3C#N)cc21. The van der Waals surface area contributed by atoms with Crippen LogP contribution >= 0.6 is 0 Å². The average Bonchev–Trinajstić information content (AvgIpc) is 3.64. The van der Waals surface area contributed by atoms with E-state index in [0.29, 0.717) is 28.8 Å². The van der Waals surface area contributed by atoms with Gasteiger partial charge in [-0.1, -0.05) is 97.6 Å². The molecule has 2 heterocycles. The van der Waals surface area contributed by atoms with Crippen molar-refractivity contribution in [3.8, 4) is 52.2 Å². The van der Waals surface area contributed by atoms with Crippen LogP contribution in [-0.4, -0.2) is 11.1 Å². The first-order valence-electron chi connectivity index (χ1n) is 19.9. The summed E-state index contributed by atoms with van der Waals surface area (Å²) in [6.45, 7) is 9.00. The van der Waals surface area contributed by atoms with Crippen molar-refractivity contribution >= 4 is 44.3 Å². The standard InChI is InChI=1S/C55H36N6/c1-35-25-42(40-11-6-4-7-12-40)15-10-22-60(54-36(2)23-38(31-56)26-46(54)33-58)51-19-16-44(28-48(35)51)45-18-21-53-50(30-45)49-29-43(41-13-8-5-9-14-41)17-20-52(49)61(53)55-37(3)24-39(32-57)27-47(55)34-59/h4-21,23-30H,1,22H2,2-3H3/b15-10-,42-25+. The van der Waals surface area contributed by atoms with Crippen LogP contribution < -0.4 is 4.90 Å². The molecule has 61 heavy (non-hydrogen) atoms. The summed E-state index contributed by atoms with van der Waals surface area (Å²) in [5.41, 5.74) is 15.6. The first-order chi connectivity index (χ1) is 29.8. The average molecular weight is 781 g/mol. The van der Waals surface area contributed by atoms with Crippen LogP contribution in [0.5, 0.6) is 0 Å². The Hall–Kier alpha value is -8.68. The molecular weight excluding hydrogens is 745 g/mol. The number of benzene rings is 7. The summed E-state index contributed by atoms with van der Waals surface area (Å²) in [4.78, 5) is 2.15. The van der Waals surface area contributed by atoms with Crippen LogP contribution in [0.1, 0.15) is 44.5 Å². The van der Waals surface area contributed by atoms with E-state index >= 15 is 0 Å². The van der Waals surface area contributed by atoms with Crippen LogP contribution in [0.4, 0.5) is 11.4 Å². The van der Waals surface area contributed by atoms with Gasteiger partial charge in [-0.2, -0.15) is 21.0 Å². The van der Waals surface area contributed by atoms with Crippen LogP contribution in [0.2, 0.25) is 0 Å². The molecule has 0 amide bonds. The van der Waals surface area contributed by atoms with Gasteiger partial charge in [-0.25, -0.2) is 0 Å². The number of nitrogens with zero attached hydrogens (tertiary/aromatic N) is 6. The van der Waals surface area contributed by atoms with E-state index in [-0.39, 0.29) is 0 Å². The number of fused-ring (bicyclic) bond motifs is 4. The Morgan fingerprint density at radius 2 is 1.05 bits per heavy atom. The molecule has 0 bridgehead atoms. The first-order valence-corrected chi connectivity index (χ1v) is 19.9. The summed E-state index contributed by atoms with van der Waals surface area (Å²) in [5.74, 6) is 0. The van der Waals surface area contributed by atoms with E-state index in [1.54, 1.807) is 12.1 Å². The largest absolute Gasteiger partial charge is 0.336 e. The second kappa shape index (κ2) is 15.6. The molecule has 0 saturated carbocycles. The molecule has 1 aliphatic heterocycles. The van der Waals surface area contributed by atoms with Gasteiger partial charge < -0.3 is 9.47 Å². The van der Waals surface area contributed by atoms with Gasteiger partial charge in [0.25, 0.3) is 0 Å². The van der Waals surface area contributed by atoms with E-state index in [1.807, 2.05) is 62.4 Å². The molecule has 0 spiro atoms. The van der Waals surface area contributed by atoms with Gasteiger partial charge in [-0.05, 0) is 131 Å². The molecule has 286 valence electrons. The Kier molecular flexibility index (Phi) is 9.67. The third kappa shape index (κ3) is 6.72. The van der Waals surface area contributed by atoms with Gasteiger partial charge in [0.2, 0.25) is 0 Å². The van der Waals surface area contributed by atoms with Crippen molar-refractivity contribution in [3.63, 3.8) is 0 Å². The number of aromatic nitrogens is 1. The molecule has 0 atom stereocenters. The van der Waals surface area contributed by atoms with Gasteiger partial charge in [0, 0.05) is 28.6 Å². The maximum absolute atomic E-state index is 10.4. The van der Waals surface area contributed by atoms with E-state index < -0.39 is 0 Å². The molecular formula is C55H36N6. The maximum Gasteiger partial charge on any atom is 0.101 e. The number of anilines is 2. The van der Waals surface area contributed by atoms with Crippen molar-refractivity contribution in [2.45, 2.75) is 13.8 Å². The molecule has 0 N–H and O–H groups in total. The predicted octanol–water partition coefficient (Wildman–Crippen LogP) is 13.0. The molecule has 7 aromatic carbocycles. The number of allylic oxidation sites excluding steroid dienone is 4. The summed E-state index contributed by atoms with van der Waals surface area (Å²) >= 11 is 0. The van der Waals surface area contributed by atoms with Gasteiger partial charge in [-0.3, -0.25) is 0 Å². The molecule has 6 nitrogen and oxygen atoms in total. The van der Waals surface area contributed by atoms with Gasteiger partial charge in [0.15, 0.2) is 0 Å². The summed E-state index contributed by atoms with van der Waals surface area (Å²) in [7, 11) is 0. The fourth-order valence-electron chi connectivity index (χ4n) is 8.69. The summed E-state index contributed by atoms with van der Waals surface area (Å²) < 4.78 is 2.15. The Bertz CT molecular complexity index is 3360. The van der Waals surface area contributed by atoms with E-state index in [2.05, 4.69) is 137 Å². The van der Waals surface area contributed by atoms with Crippen LogP contribution in [-0.2, 0) is 0 Å². The fourth-order valence-corrected chi connectivity index (χ4v) is 8.69. The minimum Gasteiger partial charge on any atom is -0.336 e. The zero-order valence-electron chi connectivity index (χ0n) is 33.6. The van der Waals surface area contributed by atoms with Crippen molar-refractivity contribution in [1.82, 2.24) is 4.57 Å². The molecule has 1 aliphatic rings. The van der Waals surface area contributed by atoms with Crippen molar-refractivity contribution in [2.75, 3.05) is 11.4 Å². The normalized spacial score (nSPS) is 13.7. The number of rotatable bonds is 5. The molecule has 9 rings (SSSR count). The first kappa shape index (κ1) is 37.9. The minimum absolute atomic E-state index is 0.426. The van der Waals surface area contributed by atoms with E-state index in [0.717, 1.165) is 94.5 Å². The van der Waals surface area contributed by atoms with Crippen LogP contribution in [0.25, 0.3) is 60.9 Å². The summed E-state index contributed by atoms with van der Waals surface area (Å²) in [5, 5.41) is 42.3. The van der Waals surface area contributed by atoms with Crippen LogP contribution in [0.3, 0.4) is 0 Å². The highest BCUT2D eigenvalue weighted by Crippen LogP contribution is 2.43. The van der Waals surface area contributed by atoms with Crippen LogP contribution in [0, 0.1) is 59.2 Å². The smallest absolute Gasteiger partial charge is 0.101 e. The van der Waals surface area contributed by atoms with Crippen molar-refractivity contribution < 1.29 is 0 Å². The lowest BCUT2D eigenvalue weighted by Gasteiger charge is -2.29. The molecule has 0 aliphatic carbocycles. The number of nitriles is 4. The van der Waals surface area contributed by atoms with E-state index in [4.69, 9.17) is 0 Å². The lowest BCUT2D eigenvalue weighted by Crippen LogP contribution is -2.20. The molecule has 0 fully saturated rings. The van der Waals surface area contributed by atoms with Crippen molar-refractivity contribution in [1.29, 1.82) is 21.0 Å². The lowest BCUT2D eigenvalue weighted by molar-refractivity contribution is 1.07. The van der Waals surface area contributed by atoms with E-state index in [9.17, 15) is 21.0 Å². The molecule has 0 saturated heterocycles. The molecule has 0 unspecified atom stereocenters. The van der Waals surface area contributed by atoms with Crippen LogP contribution in [0.15, 0.2) is 164 Å². The van der Waals surface area contributed by atoms with Gasteiger partial charge >= 0.3 is 0 Å². The highest BCUT2D eigenvalue weighted by atomic mass is 15.1. The zero-order chi connectivity index (χ0) is 42.2. The monoisotopic (exact) mass is 780 g/mol. The van der Waals surface area contributed by atoms with Gasteiger partial charge in [0.1, 0.15) is 12.1 Å². The molecule has 1 aromatic heterocycles. The fraction of sp³-hybridized carbons (Fsp3) is 0.0545. The number of hydrogen-bond acceptors (Lipinski definition) is 5. The molecule has 6 heteroatoms. The van der Waals surface area contributed by atoms with Gasteiger partial charge in [0.05, 0.1) is 56.8 Å². The Morgan fingerprint density at radius 1 is 0.525 bits per heavy atom. The molecule has 0 radical (unpaired) electrons. The van der Waals surface area contributed by atoms with Crippen molar-refractivity contribution in [3.05, 3.63) is 209 Å². The predicted molar refractivity (Wildman–Crippen MR) is 246 cm³/mol. The lowest BCUT2D eigenvalue weighted by atomic mass is 9.94. The molecule has 8 aromatic rings. The van der Waals surface area contributed by atoms with Gasteiger partial charge in [-0.15, -0.1) is 0 Å². The van der Waals surface area contributed by atoms with Crippen molar-refractivity contribution in [2.24, 2.45) is 0 Å². The Labute approximate surface area is 354 Å². The second-order valence-electron chi connectivity index (χ2n) is 15.2. The quantitative estimate of drug-likeness (QED) is 0.173. The maximum atomic E-state index is 10.4. The zero-order valence-corrected chi connectivity index (χ0v) is 33.6. The Balaban J connectivity index is 1.27. The highest BCUT2D eigenvalue weighted by Gasteiger charge is 2.23. The number of hydrogen-bond donors (Lipinski definition) is 0. The minimum atomic E-state index is 0.426.